The monoisotopic (exact) mass is 413 g/mol. The number of esters is 1. The zero-order valence-electron chi connectivity index (χ0n) is 15.7. The summed E-state index contributed by atoms with van der Waals surface area (Å²) < 4.78 is 37.8. The Balaban J connectivity index is 1.54. The number of hydrogen-bond acceptors (Lipinski definition) is 6. The van der Waals surface area contributed by atoms with Crippen LogP contribution in [0.15, 0.2) is 62.6 Å². The van der Waals surface area contributed by atoms with E-state index in [2.05, 4.69) is 4.72 Å². The Labute approximate surface area is 167 Å². The van der Waals surface area contributed by atoms with Crippen LogP contribution in [0.3, 0.4) is 0 Å². The van der Waals surface area contributed by atoms with Gasteiger partial charge in [0.1, 0.15) is 12.2 Å². The highest BCUT2D eigenvalue weighted by Gasteiger charge is 2.28. The molecule has 0 bridgehead atoms. The van der Waals surface area contributed by atoms with E-state index in [0.29, 0.717) is 16.5 Å². The summed E-state index contributed by atoms with van der Waals surface area (Å²) in [6, 6.07) is 12.4. The fourth-order valence-electron chi connectivity index (χ4n) is 2.96. The van der Waals surface area contributed by atoms with E-state index in [1.54, 1.807) is 12.1 Å². The average Bonchev–Trinajstić information content (AvgIpc) is 3.48. The normalized spacial score (nSPS) is 14.1. The summed E-state index contributed by atoms with van der Waals surface area (Å²) in [5.74, 6) is -0.679. The van der Waals surface area contributed by atoms with Crippen LogP contribution < -0.4 is 10.3 Å². The molecule has 1 aromatic heterocycles. The van der Waals surface area contributed by atoms with Gasteiger partial charge in [0.05, 0.1) is 10.5 Å². The molecule has 1 N–H and O–H groups in total. The van der Waals surface area contributed by atoms with Gasteiger partial charge < -0.3 is 9.15 Å². The first kappa shape index (κ1) is 19.4. The average molecular weight is 413 g/mol. The molecule has 1 heterocycles. The Morgan fingerprint density at radius 1 is 1.17 bits per heavy atom. The van der Waals surface area contributed by atoms with Crippen LogP contribution in [0.4, 0.5) is 0 Å². The number of benzene rings is 2. The molecule has 1 saturated carbocycles. The quantitative estimate of drug-likeness (QED) is 0.492. The van der Waals surface area contributed by atoms with Gasteiger partial charge in [-0.1, -0.05) is 18.2 Å². The molecule has 0 saturated heterocycles. The molecule has 1 fully saturated rings. The highest BCUT2D eigenvalue weighted by molar-refractivity contribution is 7.89. The first-order valence-electron chi connectivity index (χ1n) is 9.15. The van der Waals surface area contributed by atoms with E-state index in [-0.39, 0.29) is 23.1 Å². The van der Waals surface area contributed by atoms with Crippen LogP contribution in [-0.2, 0) is 21.4 Å². The maximum Gasteiger partial charge on any atom is 0.338 e. The SMILES string of the molecule is Cc1ccc2c(COC(=O)c3cccc(S(=O)(=O)NC4CC4)c3)cc(=O)oc2c1. The van der Waals surface area contributed by atoms with Crippen LogP contribution in [0, 0.1) is 6.92 Å². The van der Waals surface area contributed by atoms with Crippen molar-refractivity contribution >= 4 is 27.0 Å². The number of hydrogen-bond donors (Lipinski definition) is 1. The zero-order valence-corrected chi connectivity index (χ0v) is 16.5. The number of sulfonamides is 1. The van der Waals surface area contributed by atoms with Crippen molar-refractivity contribution in [3.63, 3.8) is 0 Å². The molecule has 0 aliphatic heterocycles. The molecule has 0 unspecified atom stereocenters. The Morgan fingerprint density at radius 2 is 1.97 bits per heavy atom. The molecular formula is C21H19NO6S. The second kappa shape index (κ2) is 7.46. The third-order valence-electron chi connectivity index (χ3n) is 4.62. The molecule has 8 heteroatoms. The van der Waals surface area contributed by atoms with Gasteiger partial charge >= 0.3 is 11.6 Å². The van der Waals surface area contributed by atoms with Crippen molar-refractivity contribution in [1.29, 1.82) is 0 Å². The summed E-state index contributed by atoms with van der Waals surface area (Å²) in [5.41, 5.74) is 1.46. The number of ether oxygens (including phenoxy) is 1. The number of carbonyl (C=O) groups excluding carboxylic acids is 1. The lowest BCUT2D eigenvalue weighted by Crippen LogP contribution is -2.25. The highest BCUT2D eigenvalue weighted by Crippen LogP contribution is 2.23. The van der Waals surface area contributed by atoms with Crippen LogP contribution in [0.2, 0.25) is 0 Å². The van der Waals surface area contributed by atoms with Crippen molar-refractivity contribution in [2.45, 2.75) is 37.3 Å². The second-order valence-corrected chi connectivity index (χ2v) is 8.80. The summed E-state index contributed by atoms with van der Waals surface area (Å²) in [5, 5.41) is 0.674. The molecule has 0 atom stereocenters. The van der Waals surface area contributed by atoms with Crippen molar-refractivity contribution in [2.75, 3.05) is 0 Å². The first-order valence-corrected chi connectivity index (χ1v) is 10.6. The predicted molar refractivity (Wildman–Crippen MR) is 106 cm³/mol. The molecule has 3 aromatic rings. The third-order valence-corrected chi connectivity index (χ3v) is 6.14. The van der Waals surface area contributed by atoms with Gasteiger partial charge in [-0.2, -0.15) is 0 Å². The van der Waals surface area contributed by atoms with E-state index >= 15 is 0 Å². The molecule has 2 aromatic carbocycles. The lowest BCUT2D eigenvalue weighted by Gasteiger charge is -2.09. The van der Waals surface area contributed by atoms with Crippen LogP contribution in [0.1, 0.15) is 34.3 Å². The Bertz CT molecular complexity index is 1260. The van der Waals surface area contributed by atoms with Gasteiger partial charge in [0.2, 0.25) is 10.0 Å². The second-order valence-electron chi connectivity index (χ2n) is 7.09. The van der Waals surface area contributed by atoms with Gasteiger partial charge in [-0.25, -0.2) is 22.7 Å². The highest BCUT2D eigenvalue weighted by atomic mass is 32.2. The van der Waals surface area contributed by atoms with E-state index in [1.165, 1.54) is 30.3 Å². The van der Waals surface area contributed by atoms with Crippen molar-refractivity contribution in [3.05, 3.63) is 75.6 Å². The number of fused-ring (bicyclic) bond motifs is 1. The van der Waals surface area contributed by atoms with E-state index < -0.39 is 21.6 Å². The predicted octanol–water partition coefficient (Wildman–Crippen LogP) is 2.90. The van der Waals surface area contributed by atoms with Crippen LogP contribution in [0.5, 0.6) is 0 Å². The Morgan fingerprint density at radius 3 is 2.72 bits per heavy atom. The third kappa shape index (κ3) is 4.38. The smallest absolute Gasteiger partial charge is 0.338 e. The van der Waals surface area contributed by atoms with Gasteiger partial charge in [0.25, 0.3) is 0 Å². The fourth-order valence-corrected chi connectivity index (χ4v) is 4.31. The topological polar surface area (TPSA) is 103 Å². The Kier molecular flexibility index (Phi) is 4.97. The minimum Gasteiger partial charge on any atom is -0.457 e. The minimum absolute atomic E-state index is 0.0140. The van der Waals surface area contributed by atoms with E-state index in [0.717, 1.165) is 18.4 Å². The summed E-state index contributed by atoms with van der Waals surface area (Å²) in [7, 11) is -3.67. The van der Waals surface area contributed by atoms with Gasteiger partial charge in [-0.05, 0) is 49.6 Å². The van der Waals surface area contributed by atoms with Gasteiger partial charge in [-0.15, -0.1) is 0 Å². The summed E-state index contributed by atoms with van der Waals surface area (Å²) in [6.07, 6.45) is 1.64. The van der Waals surface area contributed by atoms with Gasteiger partial charge in [-0.3, -0.25) is 0 Å². The molecule has 7 nitrogen and oxygen atoms in total. The first-order chi connectivity index (χ1) is 13.8. The molecule has 0 radical (unpaired) electrons. The van der Waals surface area contributed by atoms with Crippen molar-refractivity contribution in [2.24, 2.45) is 0 Å². The number of carbonyl (C=O) groups is 1. The van der Waals surface area contributed by atoms with Crippen LogP contribution >= 0.6 is 0 Å². The Hall–Kier alpha value is -2.97. The lowest BCUT2D eigenvalue weighted by molar-refractivity contribution is 0.0473. The molecule has 0 amide bonds. The fraction of sp³-hybridized carbons (Fsp3) is 0.238. The van der Waals surface area contributed by atoms with E-state index in [4.69, 9.17) is 9.15 Å². The van der Waals surface area contributed by atoms with Crippen molar-refractivity contribution in [1.82, 2.24) is 4.72 Å². The maximum absolute atomic E-state index is 12.5. The van der Waals surface area contributed by atoms with Crippen LogP contribution in [-0.4, -0.2) is 20.4 Å². The molecule has 4 rings (SSSR count). The van der Waals surface area contributed by atoms with E-state index in [9.17, 15) is 18.0 Å². The molecule has 1 aliphatic carbocycles. The van der Waals surface area contributed by atoms with Crippen molar-refractivity contribution < 1.29 is 22.4 Å². The molecule has 0 spiro atoms. The summed E-state index contributed by atoms with van der Waals surface area (Å²) in [4.78, 5) is 24.3. The molecular weight excluding hydrogens is 394 g/mol. The summed E-state index contributed by atoms with van der Waals surface area (Å²) in [6.45, 7) is 1.74. The molecule has 29 heavy (non-hydrogen) atoms. The minimum atomic E-state index is -3.67. The number of nitrogens with one attached hydrogen (secondary N) is 1. The van der Waals surface area contributed by atoms with Gasteiger partial charge in [0.15, 0.2) is 0 Å². The zero-order chi connectivity index (χ0) is 20.6. The van der Waals surface area contributed by atoms with E-state index in [1.807, 2.05) is 13.0 Å². The van der Waals surface area contributed by atoms with Crippen LogP contribution in [0.25, 0.3) is 11.0 Å². The standard InChI is InChI=1S/C21H19NO6S/c1-13-5-8-18-15(11-20(23)28-19(18)9-13)12-27-21(24)14-3-2-4-17(10-14)29(25,26)22-16-6-7-16/h2-5,8-11,16,22H,6-7,12H2,1H3. The lowest BCUT2D eigenvalue weighted by atomic mass is 10.1. The number of aryl methyl sites for hydroxylation is 1. The maximum atomic E-state index is 12.5. The van der Waals surface area contributed by atoms with Crippen molar-refractivity contribution in [3.8, 4) is 0 Å². The summed E-state index contributed by atoms with van der Waals surface area (Å²) >= 11 is 0. The molecule has 1 aliphatic rings. The largest absolute Gasteiger partial charge is 0.457 e. The number of rotatable bonds is 6. The molecule has 150 valence electrons. The van der Waals surface area contributed by atoms with Gasteiger partial charge in [0, 0.05) is 23.1 Å².